The van der Waals surface area contributed by atoms with Crippen molar-refractivity contribution in [3.63, 3.8) is 0 Å². The first-order valence-corrected chi connectivity index (χ1v) is 7.37. The van der Waals surface area contributed by atoms with E-state index in [1.807, 2.05) is 39.0 Å². The van der Waals surface area contributed by atoms with Crippen molar-refractivity contribution in [2.75, 3.05) is 0 Å². The first-order valence-electron chi connectivity index (χ1n) is 7.37. The van der Waals surface area contributed by atoms with E-state index < -0.39 is 0 Å². The summed E-state index contributed by atoms with van der Waals surface area (Å²) in [6, 6.07) is 5.95. The quantitative estimate of drug-likeness (QED) is 0.809. The van der Waals surface area contributed by atoms with Crippen LogP contribution in [0.3, 0.4) is 0 Å². The highest BCUT2D eigenvalue weighted by Gasteiger charge is 2.28. The Morgan fingerprint density at radius 3 is 2.50 bits per heavy atom. The molecule has 1 aromatic rings. The van der Waals surface area contributed by atoms with Gasteiger partial charge in [0.15, 0.2) is 5.78 Å². The van der Waals surface area contributed by atoms with Gasteiger partial charge in [-0.15, -0.1) is 0 Å². The molecule has 1 saturated carbocycles. The second-order valence-corrected chi connectivity index (χ2v) is 5.92. The fourth-order valence-corrected chi connectivity index (χ4v) is 2.33. The molecule has 1 fully saturated rings. The predicted octanol–water partition coefficient (Wildman–Crippen LogP) is 3.18. The van der Waals surface area contributed by atoms with Gasteiger partial charge in [-0.25, -0.2) is 0 Å². The van der Waals surface area contributed by atoms with Crippen LogP contribution in [0, 0.1) is 19.8 Å². The molecule has 0 saturated heterocycles. The number of carbonyl (C=O) groups excluding carboxylic acids is 2. The van der Waals surface area contributed by atoms with Crippen LogP contribution in [-0.4, -0.2) is 17.7 Å². The Kier molecular flexibility index (Phi) is 4.58. The van der Waals surface area contributed by atoms with Crippen LogP contribution < -0.4 is 5.32 Å². The third-order valence-corrected chi connectivity index (χ3v) is 4.13. The summed E-state index contributed by atoms with van der Waals surface area (Å²) in [7, 11) is 0. The van der Waals surface area contributed by atoms with Crippen LogP contribution in [-0.2, 0) is 4.79 Å². The van der Waals surface area contributed by atoms with Gasteiger partial charge in [0, 0.05) is 24.4 Å². The maximum absolute atomic E-state index is 12.1. The first-order chi connectivity index (χ1) is 9.47. The molecule has 1 aliphatic carbocycles. The van der Waals surface area contributed by atoms with Crippen molar-refractivity contribution in [2.24, 2.45) is 5.92 Å². The van der Waals surface area contributed by atoms with Gasteiger partial charge in [-0.1, -0.05) is 12.1 Å². The van der Waals surface area contributed by atoms with Gasteiger partial charge in [-0.05, 0) is 56.7 Å². The molecule has 0 aliphatic heterocycles. The second-order valence-electron chi connectivity index (χ2n) is 5.92. The number of benzene rings is 1. The van der Waals surface area contributed by atoms with E-state index in [2.05, 4.69) is 5.32 Å². The van der Waals surface area contributed by atoms with Gasteiger partial charge in [0.05, 0.1) is 0 Å². The highest BCUT2D eigenvalue weighted by atomic mass is 16.2. The van der Waals surface area contributed by atoms with Crippen molar-refractivity contribution in [2.45, 2.75) is 52.5 Å². The number of carbonyl (C=O) groups is 2. The van der Waals surface area contributed by atoms with Crippen LogP contribution >= 0.6 is 0 Å². The summed E-state index contributed by atoms with van der Waals surface area (Å²) in [6.45, 7) is 6.06. The molecular weight excluding hydrogens is 250 g/mol. The molecule has 3 heteroatoms. The lowest BCUT2D eigenvalue weighted by atomic mass is 10.0. The van der Waals surface area contributed by atoms with Crippen molar-refractivity contribution in [1.82, 2.24) is 5.32 Å². The standard InChI is InChI=1S/C17H23NO2/c1-11-4-5-15(10-12(11)2)16(19)8-9-17(20)18-13(3)14-6-7-14/h4-5,10,13-14H,6-9H2,1-3H3,(H,18,20)/t13-/m0/s1. The SMILES string of the molecule is Cc1ccc(C(=O)CCC(=O)N[C@@H](C)C2CC2)cc1C. The monoisotopic (exact) mass is 273 g/mol. The van der Waals surface area contributed by atoms with E-state index in [9.17, 15) is 9.59 Å². The van der Waals surface area contributed by atoms with Gasteiger partial charge >= 0.3 is 0 Å². The zero-order valence-electron chi connectivity index (χ0n) is 12.5. The molecule has 0 radical (unpaired) electrons. The summed E-state index contributed by atoms with van der Waals surface area (Å²) in [6.07, 6.45) is 2.99. The maximum Gasteiger partial charge on any atom is 0.220 e. The van der Waals surface area contributed by atoms with Gasteiger partial charge in [0.2, 0.25) is 5.91 Å². The number of hydrogen-bond donors (Lipinski definition) is 1. The average molecular weight is 273 g/mol. The van der Waals surface area contributed by atoms with E-state index in [1.165, 1.54) is 18.4 Å². The van der Waals surface area contributed by atoms with E-state index in [4.69, 9.17) is 0 Å². The summed E-state index contributed by atoms with van der Waals surface area (Å²) in [5.74, 6) is 0.679. The molecule has 0 bridgehead atoms. The van der Waals surface area contributed by atoms with Gasteiger partial charge in [-0.3, -0.25) is 9.59 Å². The van der Waals surface area contributed by atoms with Crippen molar-refractivity contribution in [3.05, 3.63) is 34.9 Å². The van der Waals surface area contributed by atoms with Crippen LogP contribution in [0.4, 0.5) is 0 Å². The molecule has 108 valence electrons. The van der Waals surface area contributed by atoms with Gasteiger partial charge < -0.3 is 5.32 Å². The molecule has 0 aromatic heterocycles. The van der Waals surface area contributed by atoms with E-state index >= 15 is 0 Å². The Bertz CT molecular complexity index is 518. The Labute approximate surface area is 120 Å². The zero-order chi connectivity index (χ0) is 14.7. The zero-order valence-corrected chi connectivity index (χ0v) is 12.5. The first kappa shape index (κ1) is 14.8. The Morgan fingerprint density at radius 1 is 1.20 bits per heavy atom. The molecule has 3 nitrogen and oxygen atoms in total. The predicted molar refractivity (Wildman–Crippen MR) is 79.8 cm³/mol. The van der Waals surface area contributed by atoms with Crippen molar-refractivity contribution in [1.29, 1.82) is 0 Å². The summed E-state index contributed by atoms with van der Waals surface area (Å²) < 4.78 is 0. The minimum absolute atomic E-state index is 0.0124. The largest absolute Gasteiger partial charge is 0.353 e. The summed E-state index contributed by atoms with van der Waals surface area (Å²) in [5, 5.41) is 2.98. The van der Waals surface area contributed by atoms with Crippen LogP contribution in [0.5, 0.6) is 0 Å². The maximum atomic E-state index is 12.1. The highest BCUT2D eigenvalue weighted by Crippen LogP contribution is 2.32. The van der Waals surface area contributed by atoms with E-state index in [-0.39, 0.29) is 30.6 Å². The van der Waals surface area contributed by atoms with Crippen molar-refractivity contribution < 1.29 is 9.59 Å². The Morgan fingerprint density at radius 2 is 1.90 bits per heavy atom. The molecular formula is C17H23NO2. The lowest BCUT2D eigenvalue weighted by Crippen LogP contribution is -2.34. The van der Waals surface area contributed by atoms with E-state index in [1.54, 1.807) is 0 Å². The third kappa shape index (κ3) is 3.92. The number of amides is 1. The molecule has 0 unspecified atom stereocenters. The van der Waals surface area contributed by atoms with Crippen molar-refractivity contribution in [3.8, 4) is 0 Å². The second kappa shape index (κ2) is 6.21. The van der Waals surface area contributed by atoms with Gasteiger partial charge in [-0.2, -0.15) is 0 Å². The van der Waals surface area contributed by atoms with Gasteiger partial charge in [0.25, 0.3) is 0 Å². The molecule has 0 heterocycles. The molecule has 1 amide bonds. The van der Waals surface area contributed by atoms with E-state index in [0.717, 1.165) is 5.56 Å². The summed E-state index contributed by atoms with van der Waals surface area (Å²) in [4.78, 5) is 23.8. The fourth-order valence-electron chi connectivity index (χ4n) is 2.33. The Balaban J connectivity index is 1.81. The van der Waals surface area contributed by atoms with Crippen LogP contribution in [0.2, 0.25) is 0 Å². The molecule has 2 rings (SSSR count). The minimum atomic E-state index is -0.0124. The van der Waals surface area contributed by atoms with Gasteiger partial charge in [0.1, 0.15) is 0 Å². The molecule has 1 N–H and O–H groups in total. The number of ketones is 1. The lowest BCUT2D eigenvalue weighted by molar-refractivity contribution is -0.121. The molecule has 1 atom stereocenters. The molecule has 20 heavy (non-hydrogen) atoms. The molecule has 1 aromatic carbocycles. The number of Topliss-reactive ketones (excluding diaryl/α,β-unsaturated/α-hetero) is 1. The van der Waals surface area contributed by atoms with Crippen LogP contribution in [0.1, 0.15) is 54.1 Å². The molecule has 0 spiro atoms. The molecule has 1 aliphatic rings. The van der Waals surface area contributed by atoms with E-state index in [0.29, 0.717) is 11.5 Å². The topological polar surface area (TPSA) is 46.2 Å². The smallest absolute Gasteiger partial charge is 0.220 e. The fraction of sp³-hybridized carbons (Fsp3) is 0.529. The summed E-state index contributed by atoms with van der Waals surface area (Å²) >= 11 is 0. The van der Waals surface area contributed by atoms with Crippen LogP contribution in [0.25, 0.3) is 0 Å². The number of hydrogen-bond acceptors (Lipinski definition) is 2. The third-order valence-electron chi connectivity index (χ3n) is 4.13. The number of nitrogens with one attached hydrogen (secondary N) is 1. The Hall–Kier alpha value is -1.64. The average Bonchev–Trinajstić information content (AvgIpc) is 3.23. The highest BCUT2D eigenvalue weighted by molar-refractivity contribution is 5.98. The lowest BCUT2D eigenvalue weighted by Gasteiger charge is -2.12. The number of aryl methyl sites for hydroxylation is 2. The normalized spacial score (nSPS) is 15.8. The number of rotatable bonds is 6. The minimum Gasteiger partial charge on any atom is -0.353 e. The van der Waals surface area contributed by atoms with Crippen molar-refractivity contribution >= 4 is 11.7 Å². The van der Waals surface area contributed by atoms with Crippen LogP contribution in [0.15, 0.2) is 18.2 Å². The summed E-state index contributed by atoms with van der Waals surface area (Å²) in [5.41, 5.74) is 3.00.